The molecule has 2 aromatic rings. The molecule has 0 aromatic heterocycles. The first kappa shape index (κ1) is 15.7. The van der Waals surface area contributed by atoms with E-state index < -0.39 is 12.0 Å². The maximum Gasteiger partial charge on any atom is 0.331 e. The van der Waals surface area contributed by atoms with Gasteiger partial charge in [-0.3, -0.25) is 4.79 Å². The van der Waals surface area contributed by atoms with Crippen molar-refractivity contribution in [1.29, 1.82) is 0 Å². The van der Waals surface area contributed by atoms with Gasteiger partial charge in [-0.15, -0.1) is 0 Å². The molecule has 1 amide bonds. The van der Waals surface area contributed by atoms with E-state index >= 15 is 0 Å². The number of carboxylic acid groups (broad SMARTS) is 1. The van der Waals surface area contributed by atoms with Gasteiger partial charge in [0.2, 0.25) is 5.91 Å². The van der Waals surface area contributed by atoms with Gasteiger partial charge in [0.15, 0.2) is 6.04 Å². The second kappa shape index (κ2) is 6.24. The van der Waals surface area contributed by atoms with Crippen molar-refractivity contribution in [3.8, 4) is 5.75 Å². The Morgan fingerprint density at radius 1 is 1.04 bits per heavy atom. The van der Waals surface area contributed by atoms with E-state index in [1.54, 1.807) is 0 Å². The van der Waals surface area contributed by atoms with Crippen LogP contribution in [0, 0.1) is 0 Å². The average molecular weight is 337 g/mol. The van der Waals surface area contributed by atoms with Gasteiger partial charge in [-0.05, 0) is 30.0 Å². The number of benzene rings is 2. The van der Waals surface area contributed by atoms with Gasteiger partial charge < -0.3 is 14.7 Å². The van der Waals surface area contributed by atoms with Crippen LogP contribution in [-0.4, -0.2) is 35.0 Å². The zero-order valence-electron chi connectivity index (χ0n) is 13.7. The first-order chi connectivity index (χ1) is 12.2. The average Bonchev–Trinajstić information content (AvgIpc) is 2.66. The molecule has 25 heavy (non-hydrogen) atoms. The van der Waals surface area contributed by atoms with E-state index in [9.17, 15) is 14.7 Å². The first-order valence-corrected chi connectivity index (χ1v) is 8.49. The molecule has 0 saturated carbocycles. The van der Waals surface area contributed by atoms with Crippen LogP contribution in [-0.2, 0) is 16.0 Å². The summed E-state index contributed by atoms with van der Waals surface area (Å²) in [5.74, 6) is -0.744. The molecule has 0 fully saturated rings. The number of hydrogen-bond donors (Lipinski definition) is 1. The summed E-state index contributed by atoms with van der Waals surface area (Å²) in [4.78, 5) is 26.7. The fourth-order valence-electron chi connectivity index (χ4n) is 3.87. The lowest BCUT2D eigenvalue weighted by Crippen LogP contribution is -2.46. The van der Waals surface area contributed by atoms with Crippen molar-refractivity contribution in [3.05, 3.63) is 65.2 Å². The Morgan fingerprint density at radius 3 is 2.56 bits per heavy atom. The van der Waals surface area contributed by atoms with Gasteiger partial charge >= 0.3 is 5.97 Å². The Kier molecular flexibility index (Phi) is 3.92. The van der Waals surface area contributed by atoms with Gasteiger partial charge in [0.1, 0.15) is 5.75 Å². The molecule has 2 unspecified atom stereocenters. The Morgan fingerprint density at radius 2 is 1.76 bits per heavy atom. The molecule has 2 atom stereocenters. The van der Waals surface area contributed by atoms with E-state index in [0.717, 1.165) is 22.4 Å². The van der Waals surface area contributed by atoms with Crippen molar-refractivity contribution in [1.82, 2.24) is 4.90 Å². The molecule has 2 aliphatic heterocycles. The second-order valence-electron chi connectivity index (χ2n) is 6.45. The molecule has 2 aromatic carbocycles. The number of fused-ring (bicyclic) bond motifs is 2. The third-order valence-corrected chi connectivity index (χ3v) is 5.06. The number of hydrogen-bond acceptors (Lipinski definition) is 3. The Bertz CT molecular complexity index is 832. The van der Waals surface area contributed by atoms with Gasteiger partial charge in [0, 0.05) is 12.1 Å². The van der Waals surface area contributed by atoms with Crippen molar-refractivity contribution in [2.45, 2.75) is 24.8 Å². The van der Waals surface area contributed by atoms with Crippen LogP contribution in [0.25, 0.3) is 0 Å². The molecule has 128 valence electrons. The maximum atomic E-state index is 13.2. The molecular formula is C20H19NO4. The quantitative estimate of drug-likeness (QED) is 0.915. The summed E-state index contributed by atoms with van der Waals surface area (Å²) in [7, 11) is 0. The third kappa shape index (κ3) is 2.65. The van der Waals surface area contributed by atoms with Crippen LogP contribution in [0.3, 0.4) is 0 Å². The van der Waals surface area contributed by atoms with Crippen molar-refractivity contribution in [3.63, 3.8) is 0 Å². The van der Waals surface area contributed by atoms with Gasteiger partial charge in [0.05, 0.1) is 12.5 Å². The lowest BCUT2D eigenvalue weighted by molar-refractivity contribution is -0.152. The van der Waals surface area contributed by atoms with Crippen LogP contribution in [0.15, 0.2) is 48.5 Å². The number of nitrogens with zero attached hydrogens (tertiary/aromatic N) is 1. The van der Waals surface area contributed by atoms with Crippen molar-refractivity contribution in [2.24, 2.45) is 0 Å². The van der Waals surface area contributed by atoms with E-state index in [4.69, 9.17) is 4.74 Å². The summed E-state index contributed by atoms with van der Waals surface area (Å²) in [6.45, 7) is 0.891. The van der Waals surface area contributed by atoms with Crippen LogP contribution < -0.4 is 4.74 Å². The van der Waals surface area contributed by atoms with Crippen LogP contribution in [0.2, 0.25) is 0 Å². The molecule has 0 bridgehead atoms. The van der Waals surface area contributed by atoms with Crippen molar-refractivity contribution in [2.75, 3.05) is 13.2 Å². The Hall–Kier alpha value is -2.82. The summed E-state index contributed by atoms with van der Waals surface area (Å²) < 4.78 is 5.63. The highest BCUT2D eigenvalue weighted by Gasteiger charge is 2.40. The summed E-state index contributed by atoms with van der Waals surface area (Å²) >= 11 is 0. The molecule has 0 saturated heterocycles. The SMILES string of the molecule is O=C(O)C1c2ccccc2CCN1C(=O)C1CCOc2ccccc21. The standard InChI is InChI=1S/C20H19NO4/c22-19(16-10-12-25-17-8-4-3-7-15(16)17)21-11-9-13-5-1-2-6-14(13)18(21)20(23)24/h1-8,16,18H,9-12H2,(H,23,24). The number of carboxylic acids is 1. The summed E-state index contributed by atoms with van der Waals surface area (Å²) in [5, 5.41) is 9.78. The molecule has 2 aliphatic rings. The Balaban J connectivity index is 1.70. The molecule has 0 radical (unpaired) electrons. The topological polar surface area (TPSA) is 66.8 Å². The smallest absolute Gasteiger partial charge is 0.331 e. The van der Waals surface area contributed by atoms with Crippen LogP contribution in [0.4, 0.5) is 0 Å². The van der Waals surface area contributed by atoms with Gasteiger partial charge in [0.25, 0.3) is 0 Å². The highest BCUT2D eigenvalue weighted by molar-refractivity contribution is 5.90. The normalized spacial score (nSPS) is 21.7. The highest BCUT2D eigenvalue weighted by Crippen LogP contribution is 2.38. The Labute approximate surface area is 145 Å². The molecule has 4 rings (SSSR count). The predicted molar refractivity (Wildman–Crippen MR) is 91.5 cm³/mol. The molecular weight excluding hydrogens is 318 g/mol. The zero-order valence-corrected chi connectivity index (χ0v) is 13.7. The van der Waals surface area contributed by atoms with Gasteiger partial charge in [-0.1, -0.05) is 42.5 Å². The van der Waals surface area contributed by atoms with Gasteiger partial charge in [-0.25, -0.2) is 4.79 Å². The fraction of sp³-hybridized carbons (Fsp3) is 0.300. The van der Waals surface area contributed by atoms with E-state index in [-0.39, 0.29) is 11.8 Å². The molecule has 2 heterocycles. The number of para-hydroxylation sites is 1. The number of amides is 1. The minimum atomic E-state index is -0.985. The van der Waals surface area contributed by atoms with Crippen molar-refractivity contribution < 1.29 is 19.4 Å². The highest BCUT2D eigenvalue weighted by atomic mass is 16.5. The van der Waals surface area contributed by atoms with E-state index in [0.29, 0.717) is 26.0 Å². The van der Waals surface area contributed by atoms with Gasteiger partial charge in [-0.2, -0.15) is 0 Å². The molecule has 1 N–H and O–H groups in total. The number of carbonyl (C=O) groups excluding carboxylic acids is 1. The molecule has 5 heteroatoms. The minimum Gasteiger partial charge on any atom is -0.493 e. The van der Waals surface area contributed by atoms with E-state index in [2.05, 4.69) is 0 Å². The van der Waals surface area contributed by atoms with E-state index in [1.165, 1.54) is 4.90 Å². The van der Waals surface area contributed by atoms with Crippen LogP contribution >= 0.6 is 0 Å². The monoisotopic (exact) mass is 337 g/mol. The largest absolute Gasteiger partial charge is 0.493 e. The fourth-order valence-corrected chi connectivity index (χ4v) is 3.87. The predicted octanol–water partition coefficient (Wildman–Crippen LogP) is 2.76. The maximum absolute atomic E-state index is 13.2. The first-order valence-electron chi connectivity index (χ1n) is 8.49. The summed E-state index contributed by atoms with van der Waals surface area (Å²) in [5.41, 5.74) is 2.57. The number of carbonyl (C=O) groups is 2. The summed E-state index contributed by atoms with van der Waals surface area (Å²) in [6, 6.07) is 14.1. The third-order valence-electron chi connectivity index (χ3n) is 5.06. The number of aliphatic carboxylic acids is 1. The number of rotatable bonds is 2. The summed E-state index contributed by atoms with van der Waals surface area (Å²) in [6.07, 6.45) is 1.25. The van der Waals surface area contributed by atoms with Crippen LogP contribution in [0.5, 0.6) is 5.75 Å². The molecule has 0 spiro atoms. The van der Waals surface area contributed by atoms with E-state index in [1.807, 2.05) is 48.5 Å². The minimum absolute atomic E-state index is 0.127. The number of ether oxygens (including phenoxy) is 1. The lowest BCUT2D eigenvalue weighted by Gasteiger charge is -2.38. The second-order valence-corrected chi connectivity index (χ2v) is 6.45. The van der Waals surface area contributed by atoms with Crippen molar-refractivity contribution >= 4 is 11.9 Å². The molecule has 0 aliphatic carbocycles. The lowest BCUT2D eigenvalue weighted by atomic mass is 9.88. The molecule has 5 nitrogen and oxygen atoms in total. The zero-order chi connectivity index (χ0) is 17.4. The van der Waals surface area contributed by atoms with Crippen LogP contribution in [0.1, 0.15) is 35.1 Å².